The lowest BCUT2D eigenvalue weighted by Crippen LogP contribution is -2.18. The average molecular weight is 215 g/mol. The first-order chi connectivity index (χ1) is 7.31. The molecular formula is C12H25NO2. The summed E-state index contributed by atoms with van der Waals surface area (Å²) >= 11 is 0. The van der Waals surface area contributed by atoms with Crippen LogP contribution in [0.2, 0.25) is 0 Å². The SMILES string of the molecule is CCCCNCCCOC(=O)CCCC. The van der Waals surface area contributed by atoms with Crippen LogP contribution in [0.4, 0.5) is 0 Å². The summed E-state index contributed by atoms with van der Waals surface area (Å²) in [5, 5.41) is 3.31. The fourth-order valence-corrected chi connectivity index (χ4v) is 1.20. The van der Waals surface area contributed by atoms with Gasteiger partial charge in [0, 0.05) is 6.42 Å². The predicted octanol–water partition coefficient (Wildman–Crippen LogP) is 2.50. The Morgan fingerprint density at radius 2 is 1.73 bits per heavy atom. The molecule has 0 aromatic rings. The van der Waals surface area contributed by atoms with Crippen LogP contribution in [-0.4, -0.2) is 25.7 Å². The van der Waals surface area contributed by atoms with Gasteiger partial charge < -0.3 is 10.1 Å². The van der Waals surface area contributed by atoms with Gasteiger partial charge in [-0.3, -0.25) is 4.79 Å². The normalized spacial score (nSPS) is 10.3. The average Bonchev–Trinajstić information content (AvgIpc) is 2.25. The first-order valence-electron chi connectivity index (χ1n) is 6.17. The van der Waals surface area contributed by atoms with Crippen LogP contribution in [0, 0.1) is 0 Å². The van der Waals surface area contributed by atoms with Gasteiger partial charge in [-0.05, 0) is 32.4 Å². The Labute approximate surface area is 93.6 Å². The third-order valence-electron chi connectivity index (χ3n) is 2.20. The van der Waals surface area contributed by atoms with E-state index in [1.807, 2.05) is 0 Å². The van der Waals surface area contributed by atoms with Gasteiger partial charge in [-0.25, -0.2) is 0 Å². The van der Waals surface area contributed by atoms with Crippen LogP contribution in [0.25, 0.3) is 0 Å². The highest BCUT2D eigenvalue weighted by molar-refractivity contribution is 5.69. The van der Waals surface area contributed by atoms with E-state index in [1.165, 1.54) is 12.8 Å². The predicted molar refractivity (Wildman–Crippen MR) is 62.9 cm³/mol. The molecule has 0 atom stereocenters. The molecule has 0 aromatic carbocycles. The lowest BCUT2D eigenvalue weighted by Gasteiger charge is -2.05. The van der Waals surface area contributed by atoms with Crippen molar-refractivity contribution in [1.29, 1.82) is 0 Å². The van der Waals surface area contributed by atoms with Crippen molar-refractivity contribution in [3.8, 4) is 0 Å². The smallest absolute Gasteiger partial charge is 0.305 e. The van der Waals surface area contributed by atoms with E-state index in [2.05, 4.69) is 19.2 Å². The van der Waals surface area contributed by atoms with E-state index in [-0.39, 0.29) is 5.97 Å². The molecule has 0 saturated carbocycles. The Morgan fingerprint density at radius 3 is 2.40 bits per heavy atom. The van der Waals surface area contributed by atoms with Crippen molar-refractivity contribution >= 4 is 5.97 Å². The fourth-order valence-electron chi connectivity index (χ4n) is 1.20. The third kappa shape index (κ3) is 11.4. The van der Waals surface area contributed by atoms with E-state index >= 15 is 0 Å². The van der Waals surface area contributed by atoms with Gasteiger partial charge in [0.1, 0.15) is 0 Å². The number of hydrogen-bond donors (Lipinski definition) is 1. The molecule has 3 nitrogen and oxygen atoms in total. The zero-order valence-electron chi connectivity index (χ0n) is 10.2. The summed E-state index contributed by atoms with van der Waals surface area (Å²) in [6.07, 6.45) is 5.91. The van der Waals surface area contributed by atoms with Crippen molar-refractivity contribution in [3.05, 3.63) is 0 Å². The number of rotatable bonds is 10. The van der Waals surface area contributed by atoms with Crippen molar-refractivity contribution in [2.45, 2.75) is 52.4 Å². The number of carbonyl (C=O) groups is 1. The molecular weight excluding hydrogens is 190 g/mol. The first-order valence-corrected chi connectivity index (χ1v) is 6.17. The van der Waals surface area contributed by atoms with Crippen LogP contribution in [0.5, 0.6) is 0 Å². The van der Waals surface area contributed by atoms with Crippen LogP contribution in [-0.2, 0) is 9.53 Å². The standard InChI is InChI=1S/C12H25NO2/c1-3-5-8-12(14)15-11-7-10-13-9-6-4-2/h13H,3-11H2,1-2H3. The van der Waals surface area contributed by atoms with Crippen molar-refractivity contribution < 1.29 is 9.53 Å². The van der Waals surface area contributed by atoms with Crippen LogP contribution < -0.4 is 5.32 Å². The molecule has 0 unspecified atom stereocenters. The lowest BCUT2D eigenvalue weighted by atomic mass is 10.2. The molecule has 15 heavy (non-hydrogen) atoms. The van der Waals surface area contributed by atoms with Crippen LogP contribution in [0.1, 0.15) is 52.4 Å². The summed E-state index contributed by atoms with van der Waals surface area (Å²) in [7, 11) is 0. The Balaban J connectivity index is 3.06. The van der Waals surface area contributed by atoms with Crippen LogP contribution in [0.15, 0.2) is 0 Å². The highest BCUT2D eigenvalue weighted by Gasteiger charge is 2.00. The third-order valence-corrected chi connectivity index (χ3v) is 2.20. The number of esters is 1. The van der Waals surface area contributed by atoms with Crippen molar-refractivity contribution in [3.63, 3.8) is 0 Å². The minimum atomic E-state index is -0.0505. The van der Waals surface area contributed by atoms with Crippen molar-refractivity contribution in [1.82, 2.24) is 5.32 Å². The zero-order valence-corrected chi connectivity index (χ0v) is 10.2. The van der Waals surface area contributed by atoms with Gasteiger partial charge in [0.2, 0.25) is 0 Å². The first kappa shape index (κ1) is 14.4. The molecule has 3 heteroatoms. The van der Waals surface area contributed by atoms with Gasteiger partial charge in [-0.2, -0.15) is 0 Å². The summed E-state index contributed by atoms with van der Waals surface area (Å²) in [6.45, 7) is 6.82. The minimum absolute atomic E-state index is 0.0505. The summed E-state index contributed by atoms with van der Waals surface area (Å²) in [6, 6.07) is 0. The number of nitrogens with one attached hydrogen (secondary N) is 1. The molecule has 0 amide bonds. The molecule has 90 valence electrons. The molecule has 0 spiro atoms. The van der Waals surface area contributed by atoms with E-state index in [1.54, 1.807) is 0 Å². The molecule has 0 aliphatic rings. The van der Waals surface area contributed by atoms with Gasteiger partial charge in [0.25, 0.3) is 0 Å². The Bertz CT molecular complexity index is 149. The van der Waals surface area contributed by atoms with E-state index in [4.69, 9.17) is 4.74 Å². The molecule has 0 aromatic heterocycles. The summed E-state index contributed by atoms with van der Waals surface area (Å²) in [5.41, 5.74) is 0. The van der Waals surface area contributed by atoms with Crippen molar-refractivity contribution in [2.24, 2.45) is 0 Å². The minimum Gasteiger partial charge on any atom is -0.466 e. The van der Waals surface area contributed by atoms with Crippen molar-refractivity contribution in [2.75, 3.05) is 19.7 Å². The van der Waals surface area contributed by atoms with E-state index in [0.29, 0.717) is 13.0 Å². The molecule has 0 aliphatic heterocycles. The summed E-state index contributed by atoms with van der Waals surface area (Å²) in [5.74, 6) is -0.0505. The Kier molecular flexibility index (Phi) is 11.1. The molecule has 0 saturated heterocycles. The van der Waals surface area contributed by atoms with E-state index in [0.717, 1.165) is 32.4 Å². The van der Waals surface area contributed by atoms with Gasteiger partial charge in [0.15, 0.2) is 0 Å². The van der Waals surface area contributed by atoms with E-state index in [9.17, 15) is 4.79 Å². The Hall–Kier alpha value is -0.570. The van der Waals surface area contributed by atoms with E-state index < -0.39 is 0 Å². The zero-order chi connectivity index (χ0) is 11.4. The maximum Gasteiger partial charge on any atom is 0.305 e. The molecule has 0 fully saturated rings. The second kappa shape index (κ2) is 11.5. The molecule has 0 heterocycles. The number of hydrogen-bond acceptors (Lipinski definition) is 3. The van der Waals surface area contributed by atoms with Gasteiger partial charge >= 0.3 is 5.97 Å². The summed E-state index contributed by atoms with van der Waals surface area (Å²) in [4.78, 5) is 11.1. The number of unbranched alkanes of at least 4 members (excludes halogenated alkanes) is 2. The number of ether oxygens (including phenoxy) is 1. The monoisotopic (exact) mass is 215 g/mol. The topological polar surface area (TPSA) is 38.3 Å². The Morgan fingerprint density at radius 1 is 1.07 bits per heavy atom. The van der Waals surface area contributed by atoms with Crippen LogP contribution in [0.3, 0.4) is 0 Å². The second-order valence-electron chi connectivity index (χ2n) is 3.78. The largest absolute Gasteiger partial charge is 0.466 e. The molecule has 0 rings (SSSR count). The second-order valence-corrected chi connectivity index (χ2v) is 3.78. The highest BCUT2D eigenvalue weighted by atomic mass is 16.5. The van der Waals surface area contributed by atoms with Gasteiger partial charge in [-0.1, -0.05) is 26.7 Å². The van der Waals surface area contributed by atoms with Crippen LogP contribution >= 0.6 is 0 Å². The maximum atomic E-state index is 11.1. The maximum absolute atomic E-state index is 11.1. The van der Waals surface area contributed by atoms with Gasteiger partial charge in [0.05, 0.1) is 6.61 Å². The molecule has 0 aliphatic carbocycles. The lowest BCUT2D eigenvalue weighted by molar-refractivity contribution is -0.143. The molecule has 0 radical (unpaired) electrons. The fraction of sp³-hybridized carbons (Fsp3) is 0.917. The quantitative estimate of drug-likeness (QED) is 0.449. The molecule has 1 N–H and O–H groups in total. The number of carbonyl (C=O) groups excluding carboxylic acids is 1. The molecule has 0 bridgehead atoms. The summed E-state index contributed by atoms with van der Waals surface area (Å²) < 4.78 is 5.07. The highest BCUT2D eigenvalue weighted by Crippen LogP contribution is 1.96. The van der Waals surface area contributed by atoms with Gasteiger partial charge in [-0.15, -0.1) is 0 Å².